The van der Waals surface area contributed by atoms with Gasteiger partial charge in [-0.2, -0.15) is 0 Å². The summed E-state index contributed by atoms with van der Waals surface area (Å²) < 4.78 is 0. The first-order valence-electron chi connectivity index (χ1n) is 6.27. The molecule has 1 aliphatic heterocycles. The minimum absolute atomic E-state index is 0.406. The standard InChI is InChI=1S/C12H25N3/c1-14-9-12(5-3-6-12)11(13)10-4-7-15(2)8-10/h10-11,14H,3-9,13H2,1-2H3. The zero-order valence-electron chi connectivity index (χ0n) is 10.1. The Hall–Kier alpha value is -0.120. The molecule has 2 fully saturated rings. The molecule has 1 saturated carbocycles. The van der Waals surface area contributed by atoms with E-state index in [1.807, 2.05) is 7.05 Å². The van der Waals surface area contributed by atoms with Gasteiger partial charge in [-0.15, -0.1) is 0 Å². The van der Waals surface area contributed by atoms with Gasteiger partial charge < -0.3 is 16.0 Å². The third-order valence-corrected chi connectivity index (χ3v) is 4.52. The van der Waals surface area contributed by atoms with E-state index in [-0.39, 0.29) is 0 Å². The molecule has 88 valence electrons. The van der Waals surface area contributed by atoms with Gasteiger partial charge in [0.15, 0.2) is 0 Å². The molecular formula is C12H25N3. The topological polar surface area (TPSA) is 41.3 Å². The summed E-state index contributed by atoms with van der Waals surface area (Å²) in [6.45, 7) is 3.54. The van der Waals surface area contributed by atoms with Gasteiger partial charge in [0.1, 0.15) is 0 Å². The van der Waals surface area contributed by atoms with Crippen LogP contribution in [0.5, 0.6) is 0 Å². The SMILES string of the molecule is CNCC1(C(N)C2CCN(C)C2)CCC1. The lowest BCUT2D eigenvalue weighted by Gasteiger charge is -2.48. The molecule has 1 aliphatic carbocycles. The van der Waals surface area contributed by atoms with E-state index in [1.165, 1.54) is 38.8 Å². The molecule has 3 heteroatoms. The summed E-state index contributed by atoms with van der Waals surface area (Å²) in [4.78, 5) is 2.41. The van der Waals surface area contributed by atoms with Gasteiger partial charge in [0.05, 0.1) is 0 Å². The summed E-state index contributed by atoms with van der Waals surface area (Å²) in [6, 6.07) is 0.406. The Morgan fingerprint density at radius 1 is 1.53 bits per heavy atom. The van der Waals surface area contributed by atoms with Crippen molar-refractivity contribution in [2.75, 3.05) is 33.7 Å². The molecule has 0 aromatic rings. The minimum atomic E-state index is 0.406. The molecule has 0 bridgehead atoms. The molecule has 2 rings (SSSR count). The highest BCUT2D eigenvalue weighted by Crippen LogP contribution is 2.45. The molecule has 2 unspecified atom stereocenters. The van der Waals surface area contributed by atoms with Crippen LogP contribution in [0.4, 0.5) is 0 Å². The van der Waals surface area contributed by atoms with Crippen LogP contribution in [0.25, 0.3) is 0 Å². The fourth-order valence-corrected chi connectivity index (χ4v) is 3.37. The van der Waals surface area contributed by atoms with Crippen molar-refractivity contribution in [1.82, 2.24) is 10.2 Å². The zero-order chi connectivity index (χ0) is 10.9. The largest absolute Gasteiger partial charge is 0.327 e. The van der Waals surface area contributed by atoms with Crippen molar-refractivity contribution in [1.29, 1.82) is 0 Å². The minimum Gasteiger partial charge on any atom is -0.327 e. The second-order valence-corrected chi connectivity index (χ2v) is 5.58. The molecular weight excluding hydrogens is 186 g/mol. The molecule has 0 spiro atoms. The van der Waals surface area contributed by atoms with E-state index in [9.17, 15) is 0 Å². The maximum absolute atomic E-state index is 6.50. The average Bonchev–Trinajstić information content (AvgIpc) is 2.57. The summed E-state index contributed by atoms with van der Waals surface area (Å²) in [6.07, 6.45) is 5.32. The van der Waals surface area contributed by atoms with Gasteiger partial charge in [-0.1, -0.05) is 6.42 Å². The first kappa shape index (κ1) is 11.4. The monoisotopic (exact) mass is 211 g/mol. The lowest BCUT2D eigenvalue weighted by Crippen LogP contribution is -2.55. The summed E-state index contributed by atoms with van der Waals surface area (Å²) in [5.74, 6) is 0.726. The molecule has 2 aliphatic rings. The summed E-state index contributed by atoms with van der Waals surface area (Å²) >= 11 is 0. The van der Waals surface area contributed by atoms with E-state index in [1.54, 1.807) is 0 Å². The maximum atomic E-state index is 6.50. The molecule has 3 nitrogen and oxygen atoms in total. The van der Waals surface area contributed by atoms with Gasteiger partial charge in [0, 0.05) is 19.1 Å². The molecule has 0 radical (unpaired) electrons. The lowest BCUT2D eigenvalue weighted by atomic mass is 9.61. The Morgan fingerprint density at radius 2 is 2.27 bits per heavy atom. The van der Waals surface area contributed by atoms with Crippen LogP contribution in [0.2, 0.25) is 0 Å². The normalized spacial score (nSPS) is 32.6. The number of hydrogen-bond donors (Lipinski definition) is 2. The van der Waals surface area contributed by atoms with Gasteiger partial charge in [-0.3, -0.25) is 0 Å². The van der Waals surface area contributed by atoms with Gasteiger partial charge >= 0.3 is 0 Å². The number of nitrogens with one attached hydrogen (secondary N) is 1. The highest BCUT2D eigenvalue weighted by Gasteiger charge is 2.45. The fraction of sp³-hybridized carbons (Fsp3) is 1.00. The second kappa shape index (κ2) is 4.40. The number of nitrogens with zero attached hydrogens (tertiary/aromatic N) is 1. The van der Waals surface area contributed by atoms with Crippen LogP contribution in [0.3, 0.4) is 0 Å². The predicted octanol–water partition coefficient (Wildman–Crippen LogP) is 0.655. The molecule has 2 atom stereocenters. The number of likely N-dealkylation sites (tertiary alicyclic amines) is 1. The first-order chi connectivity index (χ1) is 7.18. The fourth-order valence-electron chi connectivity index (χ4n) is 3.37. The molecule has 15 heavy (non-hydrogen) atoms. The van der Waals surface area contributed by atoms with Crippen molar-refractivity contribution >= 4 is 0 Å². The van der Waals surface area contributed by atoms with E-state index < -0.39 is 0 Å². The van der Waals surface area contributed by atoms with E-state index in [0.717, 1.165) is 12.5 Å². The quantitative estimate of drug-likeness (QED) is 0.717. The van der Waals surface area contributed by atoms with Crippen molar-refractivity contribution < 1.29 is 0 Å². The van der Waals surface area contributed by atoms with Crippen LogP contribution in [0.1, 0.15) is 25.7 Å². The molecule has 3 N–H and O–H groups in total. The Bertz CT molecular complexity index is 213. The van der Waals surface area contributed by atoms with Gasteiger partial charge in [0.25, 0.3) is 0 Å². The van der Waals surface area contributed by atoms with Crippen molar-refractivity contribution in [3.05, 3.63) is 0 Å². The number of hydrogen-bond acceptors (Lipinski definition) is 3. The Labute approximate surface area is 93.4 Å². The zero-order valence-corrected chi connectivity index (χ0v) is 10.1. The summed E-state index contributed by atoms with van der Waals surface area (Å²) in [7, 11) is 4.26. The van der Waals surface area contributed by atoms with Crippen molar-refractivity contribution in [3.8, 4) is 0 Å². The smallest absolute Gasteiger partial charge is 0.0149 e. The van der Waals surface area contributed by atoms with Crippen LogP contribution in [0.15, 0.2) is 0 Å². The highest BCUT2D eigenvalue weighted by atomic mass is 15.1. The van der Waals surface area contributed by atoms with Crippen LogP contribution in [-0.2, 0) is 0 Å². The summed E-state index contributed by atoms with van der Waals surface area (Å²) in [5.41, 5.74) is 6.92. The third-order valence-electron chi connectivity index (χ3n) is 4.52. The Balaban J connectivity index is 1.96. The van der Waals surface area contributed by atoms with E-state index >= 15 is 0 Å². The molecule has 0 aromatic carbocycles. The van der Waals surface area contributed by atoms with E-state index in [0.29, 0.717) is 11.5 Å². The van der Waals surface area contributed by atoms with Crippen molar-refractivity contribution in [3.63, 3.8) is 0 Å². The molecule has 0 amide bonds. The number of rotatable bonds is 4. The predicted molar refractivity (Wildman–Crippen MR) is 63.8 cm³/mol. The van der Waals surface area contributed by atoms with Crippen molar-refractivity contribution in [2.45, 2.75) is 31.7 Å². The highest BCUT2D eigenvalue weighted by molar-refractivity contribution is 5.01. The molecule has 0 aromatic heterocycles. The van der Waals surface area contributed by atoms with E-state index in [4.69, 9.17) is 5.73 Å². The van der Waals surface area contributed by atoms with Crippen LogP contribution in [-0.4, -0.2) is 44.7 Å². The van der Waals surface area contributed by atoms with Gasteiger partial charge in [-0.25, -0.2) is 0 Å². The van der Waals surface area contributed by atoms with Crippen LogP contribution >= 0.6 is 0 Å². The average molecular weight is 211 g/mol. The molecule has 1 saturated heterocycles. The van der Waals surface area contributed by atoms with Crippen molar-refractivity contribution in [2.24, 2.45) is 17.1 Å². The van der Waals surface area contributed by atoms with Gasteiger partial charge in [-0.05, 0) is 51.2 Å². The van der Waals surface area contributed by atoms with Crippen LogP contribution in [0, 0.1) is 11.3 Å². The van der Waals surface area contributed by atoms with Gasteiger partial charge in [0.2, 0.25) is 0 Å². The first-order valence-corrected chi connectivity index (χ1v) is 6.27. The summed E-state index contributed by atoms with van der Waals surface area (Å²) in [5, 5.41) is 3.33. The Morgan fingerprint density at radius 3 is 2.67 bits per heavy atom. The lowest BCUT2D eigenvalue weighted by molar-refractivity contribution is 0.0667. The maximum Gasteiger partial charge on any atom is 0.0149 e. The van der Waals surface area contributed by atoms with E-state index in [2.05, 4.69) is 17.3 Å². The molecule has 1 heterocycles. The Kier molecular flexibility index (Phi) is 3.33. The second-order valence-electron chi connectivity index (χ2n) is 5.58. The number of nitrogens with two attached hydrogens (primary N) is 1. The third kappa shape index (κ3) is 2.05. The van der Waals surface area contributed by atoms with Crippen LogP contribution < -0.4 is 11.1 Å².